The van der Waals surface area contributed by atoms with Crippen LogP contribution >= 0.6 is 22.7 Å². The number of amides is 3. The summed E-state index contributed by atoms with van der Waals surface area (Å²) in [5.74, 6) is 0.680. The third kappa shape index (κ3) is 5.00. The quantitative estimate of drug-likeness (QED) is 0.303. The number of urea groups is 1. The Labute approximate surface area is 204 Å². The standard InChI is InChI=1S/C23H22N6O3S2/c1-12-17(27-21(33-12)18-19(24)28-23(34-18)29-22(31)25-2)13-6-4-8-15(10-13)26-20(30)14-7-5-9-16(11-14)32-3/h4-11H,24H2,1-3H3,(H,26,30)(H2,25,28,29,31). The van der Waals surface area contributed by atoms with Gasteiger partial charge >= 0.3 is 6.03 Å². The van der Waals surface area contributed by atoms with Crippen LogP contribution in [-0.2, 0) is 0 Å². The molecule has 34 heavy (non-hydrogen) atoms. The van der Waals surface area contributed by atoms with E-state index in [-0.39, 0.29) is 11.9 Å². The summed E-state index contributed by atoms with van der Waals surface area (Å²) in [5, 5.41) is 9.13. The Balaban J connectivity index is 1.58. The van der Waals surface area contributed by atoms with Crippen molar-refractivity contribution in [3.8, 4) is 26.9 Å². The lowest BCUT2D eigenvalue weighted by Crippen LogP contribution is -2.24. The first-order chi connectivity index (χ1) is 16.4. The molecule has 0 aliphatic rings. The molecule has 0 spiro atoms. The molecule has 0 unspecified atom stereocenters. The zero-order valence-electron chi connectivity index (χ0n) is 18.6. The number of hydrogen-bond acceptors (Lipinski definition) is 8. The number of hydrogen-bond donors (Lipinski definition) is 4. The third-order valence-corrected chi connectivity index (χ3v) is 6.93. The van der Waals surface area contributed by atoms with Crippen LogP contribution in [0.25, 0.3) is 21.1 Å². The van der Waals surface area contributed by atoms with Crippen LogP contribution in [0.4, 0.5) is 21.4 Å². The Morgan fingerprint density at radius 1 is 1.03 bits per heavy atom. The topological polar surface area (TPSA) is 131 Å². The number of methoxy groups -OCH3 is 1. The second kappa shape index (κ2) is 9.89. The predicted octanol–water partition coefficient (Wildman–Crippen LogP) is 4.84. The molecule has 11 heteroatoms. The normalized spacial score (nSPS) is 10.6. The van der Waals surface area contributed by atoms with E-state index < -0.39 is 0 Å². The summed E-state index contributed by atoms with van der Waals surface area (Å²) in [4.78, 5) is 34.9. The van der Waals surface area contributed by atoms with Crippen molar-refractivity contribution >= 4 is 51.2 Å². The minimum Gasteiger partial charge on any atom is -0.497 e. The maximum Gasteiger partial charge on any atom is 0.320 e. The molecule has 0 saturated heterocycles. The lowest BCUT2D eigenvalue weighted by molar-refractivity contribution is 0.102. The summed E-state index contributed by atoms with van der Waals surface area (Å²) in [7, 11) is 3.08. The number of rotatable bonds is 6. The molecular formula is C23H22N6O3S2. The molecule has 2 heterocycles. The highest BCUT2D eigenvalue weighted by Crippen LogP contribution is 2.40. The summed E-state index contributed by atoms with van der Waals surface area (Å²) < 4.78 is 5.20. The highest BCUT2D eigenvalue weighted by Gasteiger charge is 2.18. The number of nitrogen functional groups attached to an aromatic ring is 1. The second-order valence-corrected chi connectivity index (χ2v) is 9.33. The number of aryl methyl sites for hydroxylation is 1. The van der Waals surface area contributed by atoms with Crippen molar-refractivity contribution in [2.75, 3.05) is 30.5 Å². The number of nitrogens with one attached hydrogen (secondary N) is 3. The number of carbonyl (C=O) groups is 2. The third-order valence-electron chi connectivity index (χ3n) is 4.82. The minimum absolute atomic E-state index is 0.236. The van der Waals surface area contributed by atoms with Crippen LogP contribution < -0.4 is 26.4 Å². The number of nitrogens with zero attached hydrogens (tertiary/aromatic N) is 2. The lowest BCUT2D eigenvalue weighted by atomic mass is 10.1. The van der Waals surface area contributed by atoms with E-state index in [1.165, 1.54) is 29.7 Å². The van der Waals surface area contributed by atoms with Crippen LogP contribution in [0, 0.1) is 6.92 Å². The van der Waals surface area contributed by atoms with Crippen molar-refractivity contribution in [3.63, 3.8) is 0 Å². The van der Waals surface area contributed by atoms with E-state index in [1.54, 1.807) is 31.4 Å². The molecule has 5 N–H and O–H groups in total. The van der Waals surface area contributed by atoms with Crippen LogP contribution in [0.2, 0.25) is 0 Å². The van der Waals surface area contributed by atoms with Gasteiger partial charge in [-0.05, 0) is 37.3 Å². The largest absolute Gasteiger partial charge is 0.497 e. The van der Waals surface area contributed by atoms with Crippen molar-refractivity contribution in [3.05, 3.63) is 59.0 Å². The highest BCUT2D eigenvalue weighted by atomic mass is 32.1. The summed E-state index contributed by atoms with van der Waals surface area (Å²) in [6, 6.07) is 14.1. The van der Waals surface area contributed by atoms with Gasteiger partial charge in [0, 0.05) is 28.7 Å². The van der Waals surface area contributed by atoms with Crippen molar-refractivity contribution in [2.24, 2.45) is 0 Å². The van der Waals surface area contributed by atoms with Gasteiger partial charge in [-0.1, -0.05) is 29.5 Å². The van der Waals surface area contributed by atoms with Crippen LogP contribution in [0.3, 0.4) is 0 Å². The van der Waals surface area contributed by atoms with Gasteiger partial charge in [0.15, 0.2) is 5.13 Å². The molecule has 2 aromatic heterocycles. The summed E-state index contributed by atoms with van der Waals surface area (Å²) in [6.07, 6.45) is 0. The van der Waals surface area contributed by atoms with Crippen molar-refractivity contribution in [1.82, 2.24) is 15.3 Å². The zero-order chi connectivity index (χ0) is 24.2. The summed E-state index contributed by atoms with van der Waals surface area (Å²) in [5.41, 5.74) is 8.87. The van der Waals surface area contributed by atoms with E-state index in [4.69, 9.17) is 15.5 Å². The van der Waals surface area contributed by atoms with Crippen LogP contribution in [0.5, 0.6) is 5.75 Å². The average molecular weight is 495 g/mol. The van der Waals surface area contributed by atoms with E-state index >= 15 is 0 Å². The number of benzene rings is 2. The monoisotopic (exact) mass is 494 g/mol. The number of nitrogens with two attached hydrogens (primary N) is 1. The predicted molar refractivity (Wildman–Crippen MR) is 137 cm³/mol. The Kier molecular flexibility index (Phi) is 6.75. The maximum atomic E-state index is 12.7. The SMILES string of the molecule is CNC(=O)Nc1nc(N)c(-c2nc(-c3cccc(NC(=O)c4cccc(OC)c4)c3)c(C)s2)s1. The van der Waals surface area contributed by atoms with E-state index in [0.29, 0.717) is 37.8 Å². The zero-order valence-corrected chi connectivity index (χ0v) is 20.3. The highest BCUT2D eigenvalue weighted by molar-refractivity contribution is 7.24. The molecule has 9 nitrogen and oxygen atoms in total. The molecule has 0 fully saturated rings. The summed E-state index contributed by atoms with van der Waals surface area (Å²) in [6.45, 7) is 1.97. The van der Waals surface area contributed by atoms with Gasteiger partial charge in [-0.3, -0.25) is 10.1 Å². The van der Waals surface area contributed by atoms with Gasteiger partial charge in [0.05, 0.1) is 12.8 Å². The molecule has 0 aliphatic heterocycles. The van der Waals surface area contributed by atoms with E-state index in [1.807, 2.05) is 31.2 Å². The van der Waals surface area contributed by atoms with Gasteiger partial charge in [0.2, 0.25) is 0 Å². The molecule has 0 aliphatic carbocycles. The fraction of sp³-hybridized carbons (Fsp3) is 0.130. The van der Waals surface area contributed by atoms with E-state index in [0.717, 1.165) is 16.1 Å². The van der Waals surface area contributed by atoms with Crippen molar-refractivity contribution in [2.45, 2.75) is 6.92 Å². The fourth-order valence-corrected chi connectivity index (χ4v) is 5.07. The van der Waals surface area contributed by atoms with Crippen LogP contribution in [0.15, 0.2) is 48.5 Å². The van der Waals surface area contributed by atoms with Gasteiger partial charge in [-0.25, -0.2) is 14.8 Å². The van der Waals surface area contributed by atoms with Crippen molar-refractivity contribution < 1.29 is 14.3 Å². The number of thiazole rings is 2. The molecule has 2 aromatic carbocycles. The van der Waals surface area contributed by atoms with Gasteiger partial charge in [0.1, 0.15) is 21.5 Å². The molecule has 4 aromatic rings. The Morgan fingerprint density at radius 3 is 2.59 bits per heavy atom. The second-order valence-electron chi connectivity index (χ2n) is 7.13. The molecule has 0 saturated carbocycles. The molecule has 174 valence electrons. The van der Waals surface area contributed by atoms with Gasteiger partial charge in [-0.2, -0.15) is 0 Å². The lowest BCUT2D eigenvalue weighted by Gasteiger charge is -2.08. The first-order valence-corrected chi connectivity index (χ1v) is 11.8. The Hall–Kier alpha value is -3.96. The maximum absolute atomic E-state index is 12.7. The van der Waals surface area contributed by atoms with Crippen LogP contribution in [0.1, 0.15) is 15.2 Å². The molecule has 3 amide bonds. The van der Waals surface area contributed by atoms with E-state index in [9.17, 15) is 9.59 Å². The fourth-order valence-electron chi connectivity index (χ4n) is 3.17. The van der Waals surface area contributed by atoms with Crippen molar-refractivity contribution in [1.29, 1.82) is 0 Å². The number of carbonyl (C=O) groups excluding carboxylic acids is 2. The first kappa shape index (κ1) is 23.2. The number of ether oxygens (including phenoxy) is 1. The minimum atomic E-state index is -0.371. The molecule has 0 atom stereocenters. The molecule has 0 radical (unpaired) electrons. The molecular weight excluding hydrogens is 472 g/mol. The molecule has 0 bridgehead atoms. The number of aromatic nitrogens is 2. The van der Waals surface area contributed by atoms with E-state index in [2.05, 4.69) is 20.9 Å². The van der Waals surface area contributed by atoms with Crippen LogP contribution in [-0.4, -0.2) is 36.1 Å². The smallest absolute Gasteiger partial charge is 0.320 e. The van der Waals surface area contributed by atoms with Gasteiger partial charge in [-0.15, -0.1) is 11.3 Å². The van der Waals surface area contributed by atoms with Gasteiger partial charge in [0.25, 0.3) is 5.91 Å². The summed E-state index contributed by atoms with van der Waals surface area (Å²) >= 11 is 2.74. The average Bonchev–Trinajstić information content (AvgIpc) is 3.40. The van der Waals surface area contributed by atoms with Gasteiger partial charge < -0.3 is 21.1 Å². The Bertz CT molecular complexity index is 1360. The number of anilines is 3. The Morgan fingerprint density at radius 2 is 1.82 bits per heavy atom. The first-order valence-electron chi connectivity index (χ1n) is 10.2. The molecule has 4 rings (SSSR count).